The van der Waals surface area contributed by atoms with Gasteiger partial charge in [-0.05, 0) is 97.5 Å². The van der Waals surface area contributed by atoms with Crippen LogP contribution in [0.15, 0.2) is 48.5 Å². The molecule has 0 radical (unpaired) electrons. The molecule has 0 aliphatic carbocycles. The SMILES string of the molecule is CCC[n+]1c(C2CCCN2C(=O)C(NC(=O)OC)C(C)C)[nH]c2ccc(-c3cc4sc(-c5ccc6nc(C7CCCN7C(=O)C(NC(=O)OC)C(C)C)[nH]c6c5)cc4s3)cc21. The molecule has 322 valence electrons. The molecular weight excluding hydrogens is 813 g/mol. The Labute approximate surface area is 363 Å². The molecule has 6 heterocycles. The lowest BCUT2D eigenvalue weighted by atomic mass is 10.0. The molecule has 14 nitrogen and oxygen atoms in total. The monoisotopic (exact) mass is 867 g/mol. The first kappa shape index (κ1) is 42.2. The van der Waals surface area contributed by atoms with Crippen LogP contribution in [0.25, 0.3) is 52.3 Å². The Kier molecular flexibility index (Phi) is 12.1. The third-order valence-electron chi connectivity index (χ3n) is 12.1. The molecule has 4 amide bonds. The van der Waals surface area contributed by atoms with E-state index in [-0.39, 0.29) is 35.7 Å². The summed E-state index contributed by atoms with van der Waals surface area (Å²) < 4.78 is 14.4. The first-order valence-corrected chi connectivity index (χ1v) is 22.9. The molecule has 4 aromatic heterocycles. The number of H-pyrrole nitrogens is 2. The average Bonchev–Trinajstić information content (AvgIpc) is 4.10. The minimum Gasteiger partial charge on any atom is -0.453 e. The van der Waals surface area contributed by atoms with E-state index in [0.717, 1.165) is 83.5 Å². The van der Waals surface area contributed by atoms with Gasteiger partial charge in [-0.15, -0.1) is 22.7 Å². The van der Waals surface area contributed by atoms with Crippen LogP contribution in [0, 0.1) is 11.8 Å². The van der Waals surface area contributed by atoms with Crippen molar-refractivity contribution in [1.29, 1.82) is 0 Å². The molecule has 2 aliphatic rings. The van der Waals surface area contributed by atoms with E-state index in [9.17, 15) is 19.2 Å². The van der Waals surface area contributed by atoms with Gasteiger partial charge in [-0.3, -0.25) is 9.59 Å². The fourth-order valence-corrected chi connectivity index (χ4v) is 11.3. The number of nitrogens with zero attached hydrogens (tertiary/aromatic N) is 4. The molecule has 2 saturated heterocycles. The molecule has 61 heavy (non-hydrogen) atoms. The van der Waals surface area contributed by atoms with Gasteiger partial charge in [0.15, 0.2) is 11.0 Å². The van der Waals surface area contributed by atoms with E-state index in [2.05, 4.69) is 74.6 Å². The molecule has 6 aromatic rings. The van der Waals surface area contributed by atoms with E-state index in [4.69, 9.17) is 14.5 Å². The fourth-order valence-electron chi connectivity index (χ4n) is 8.92. The van der Waals surface area contributed by atoms with E-state index >= 15 is 0 Å². The number of ether oxygens (including phenoxy) is 2. The van der Waals surface area contributed by atoms with E-state index in [1.54, 1.807) is 22.7 Å². The van der Waals surface area contributed by atoms with Gasteiger partial charge in [0.25, 0.3) is 5.82 Å². The molecule has 0 bridgehead atoms. The molecule has 2 aliphatic heterocycles. The molecule has 2 fully saturated rings. The molecule has 4 unspecified atom stereocenters. The van der Waals surface area contributed by atoms with Gasteiger partial charge in [-0.1, -0.05) is 40.7 Å². The lowest BCUT2D eigenvalue weighted by molar-refractivity contribution is -0.681. The Morgan fingerprint density at radius 2 is 1.33 bits per heavy atom. The van der Waals surface area contributed by atoms with Crippen LogP contribution in [0.4, 0.5) is 9.59 Å². The number of amides is 4. The number of nitrogens with one attached hydrogen (secondary N) is 4. The number of benzene rings is 2. The van der Waals surface area contributed by atoms with Gasteiger partial charge >= 0.3 is 12.2 Å². The number of aromatic amines is 2. The summed E-state index contributed by atoms with van der Waals surface area (Å²) in [5, 5.41) is 5.49. The maximum Gasteiger partial charge on any atom is 0.407 e. The highest BCUT2D eigenvalue weighted by Gasteiger charge is 2.42. The van der Waals surface area contributed by atoms with Crippen molar-refractivity contribution >= 4 is 78.1 Å². The number of hydrogen-bond acceptors (Lipinski definition) is 9. The van der Waals surface area contributed by atoms with Crippen molar-refractivity contribution in [1.82, 2.24) is 35.4 Å². The number of alkyl carbamates (subject to hydrolysis) is 2. The first-order valence-electron chi connectivity index (χ1n) is 21.3. The van der Waals surface area contributed by atoms with Gasteiger partial charge in [0.05, 0.1) is 37.8 Å². The predicted molar refractivity (Wildman–Crippen MR) is 238 cm³/mol. The Hall–Kier alpha value is -5.48. The Morgan fingerprint density at radius 3 is 1.90 bits per heavy atom. The quantitative estimate of drug-likeness (QED) is 0.0897. The third-order valence-corrected chi connectivity index (χ3v) is 14.4. The molecule has 0 spiro atoms. The second-order valence-electron chi connectivity index (χ2n) is 16.8. The topological polar surface area (TPSA) is 166 Å². The van der Waals surface area contributed by atoms with E-state index in [1.807, 2.05) is 43.6 Å². The summed E-state index contributed by atoms with van der Waals surface area (Å²) in [5.41, 5.74) is 6.14. The predicted octanol–water partition coefficient (Wildman–Crippen LogP) is 8.44. The van der Waals surface area contributed by atoms with Crippen LogP contribution in [0.2, 0.25) is 0 Å². The van der Waals surface area contributed by atoms with Gasteiger partial charge < -0.3 is 34.9 Å². The van der Waals surface area contributed by atoms with Crippen LogP contribution in [0.5, 0.6) is 0 Å². The number of carbonyl (C=O) groups excluding carboxylic acids is 4. The van der Waals surface area contributed by atoms with Crippen molar-refractivity contribution in [3.8, 4) is 20.9 Å². The average molecular weight is 868 g/mol. The largest absolute Gasteiger partial charge is 0.453 e. The lowest BCUT2D eigenvalue weighted by Crippen LogP contribution is -2.52. The molecule has 8 rings (SSSR count). The number of imidazole rings is 2. The highest BCUT2D eigenvalue weighted by atomic mass is 32.1. The number of methoxy groups -OCH3 is 2. The molecule has 2 aromatic carbocycles. The standard InChI is InChI=1S/C45H54N8O6S2/c1-8-17-51-33-21-27(14-16-29(33)48-41(51)32-12-10-19-53(32)43(55)39(25(4)5)50-45(57)59-7)35-23-37-36(61-35)22-34(60-37)26-13-15-28-30(20-26)47-40(46-28)31-11-9-18-52(31)42(54)38(24(2)3)49-44(56)58-6/h13-16,20-25,31-32,38-39H,8-12,17-19H2,1-7H3,(H3,46,47,49,50,56,57)/p+1. The highest BCUT2D eigenvalue weighted by Crippen LogP contribution is 2.43. The summed E-state index contributed by atoms with van der Waals surface area (Å²) in [4.78, 5) is 70.1. The maximum atomic E-state index is 13.9. The minimum atomic E-state index is -0.687. The number of fused-ring (bicyclic) bond motifs is 3. The van der Waals surface area contributed by atoms with E-state index in [0.29, 0.717) is 13.1 Å². The van der Waals surface area contributed by atoms with Crippen LogP contribution in [-0.4, -0.2) is 88.1 Å². The van der Waals surface area contributed by atoms with E-state index in [1.165, 1.54) is 33.4 Å². The molecule has 4 N–H and O–H groups in total. The number of likely N-dealkylation sites (tertiary alicyclic amines) is 2. The summed E-state index contributed by atoms with van der Waals surface area (Å²) >= 11 is 3.55. The zero-order valence-electron chi connectivity index (χ0n) is 35.8. The van der Waals surface area contributed by atoms with Crippen LogP contribution >= 0.6 is 22.7 Å². The van der Waals surface area contributed by atoms with Crippen LogP contribution in [0.3, 0.4) is 0 Å². The van der Waals surface area contributed by atoms with Crippen LogP contribution < -0.4 is 15.2 Å². The van der Waals surface area contributed by atoms with Gasteiger partial charge in [0.1, 0.15) is 23.9 Å². The zero-order valence-corrected chi connectivity index (χ0v) is 37.4. The number of aromatic nitrogens is 4. The molecular formula is C45H55N8O6S2+. The molecule has 4 atom stereocenters. The lowest BCUT2D eigenvalue weighted by Gasteiger charge is -2.29. The normalized spacial score (nSPS) is 17.9. The Bertz CT molecular complexity index is 2570. The number of hydrogen-bond donors (Lipinski definition) is 4. The van der Waals surface area contributed by atoms with Crippen LogP contribution in [0.1, 0.15) is 90.5 Å². The second kappa shape index (κ2) is 17.5. The number of carbonyl (C=O) groups is 4. The van der Waals surface area contributed by atoms with Crippen molar-refractivity contribution < 1.29 is 33.2 Å². The van der Waals surface area contributed by atoms with Crippen molar-refractivity contribution in [2.75, 3.05) is 27.3 Å². The summed E-state index contributed by atoms with van der Waals surface area (Å²) in [5.74, 6) is 1.35. The summed E-state index contributed by atoms with van der Waals surface area (Å²) in [7, 11) is 2.61. The summed E-state index contributed by atoms with van der Waals surface area (Å²) in [6.45, 7) is 11.9. The van der Waals surface area contributed by atoms with Crippen molar-refractivity contribution in [3.63, 3.8) is 0 Å². The number of aryl methyl sites for hydroxylation is 1. The van der Waals surface area contributed by atoms with Crippen molar-refractivity contribution in [2.45, 2.75) is 97.4 Å². The van der Waals surface area contributed by atoms with Gasteiger partial charge in [0.2, 0.25) is 11.8 Å². The number of rotatable bonds is 12. The third kappa shape index (κ3) is 8.19. The van der Waals surface area contributed by atoms with Gasteiger partial charge in [-0.2, -0.15) is 0 Å². The summed E-state index contributed by atoms with van der Waals surface area (Å²) in [6, 6.07) is 15.7. The van der Waals surface area contributed by atoms with Gasteiger partial charge in [-0.25, -0.2) is 24.1 Å². The second-order valence-corrected chi connectivity index (χ2v) is 19.0. The van der Waals surface area contributed by atoms with Crippen molar-refractivity contribution in [2.24, 2.45) is 11.8 Å². The highest BCUT2D eigenvalue weighted by molar-refractivity contribution is 7.31. The first-order chi connectivity index (χ1) is 29.4. The smallest absolute Gasteiger partial charge is 0.407 e. The van der Waals surface area contributed by atoms with E-state index < -0.39 is 24.3 Å². The van der Waals surface area contributed by atoms with Crippen molar-refractivity contribution in [3.05, 3.63) is 60.2 Å². The molecule has 0 saturated carbocycles. The zero-order chi connectivity index (χ0) is 43.1. The molecule has 16 heteroatoms. The Morgan fingerprint density at radius 1 is 0.770 bits per heavy atom. The van der Waals surface area contributed by atoms with Crippen LogP contribution in [-0.2, 0) is 25.6 Å². The summed E-state index contributed by atoms with van der Waals surface area (Å²) in [6.07, 6.45) is 3.08. The van der Waals surface area contributed by atoms with Gasteiger partial charge in [0, 0.05) is 32.2 Å². The fraction of sp³-hybridized carbons (Fsp3) is 0.467. The number of thiophene rings is 2. The minimum absolute atomic E-state index is 0.0890. The maximum absolute atomic E-state index is 13.9. The Balaban J connectivity index is 1.03.